The summed E-state index contributed by atoms with van der Waals surface area (Å²) in [6.45, 7) is 9.57. The highest BCUT2D eigenvalue weighted by Crippen LogP contribution is 2.40. The van der Waals surface area contributed by atoms with Crippen LogP contribution >= 0.6 is 11.6 Å². The second-order valence-electron chi connectivity index (χ2n) is 9.84. The Bertz CT molecular complexity index is 1280. The fourth-order valence-corrected chi connectivity index (χ4v) is 4.74. The molecular formula is C27H32ClFN6O. The van der Waals surface area contributed by atoms with Crippen LogP contribution in [0.1, 0.15) is 56.5 Å². The summed E-state index contributed by atoms with van der Waals surface area (Å²) >= 11 is 6.40. The molecule has 0 atom stereocenters. The van der Waals surface area contributed by atoms with Gasteiger partial charge in [-0.05, 0) is 61.9 Å². The second-order valence-corrected chi connectivity index (χ2v) is 10.2. The van der Waals surface area contributed by atoms with E-state index in [1.165, 1.54) is 37.0 Å². The lowest BCUT2D eigenvalue weighted by Gasteiger charge is -2.30. The predicted octanol–water partition coefficient (Wildman–Crippen LogP) is 6.40. The minimum absolute atomic E-state index is 0.00374. The molecule has 1 aromatic heterocycles. The maximum absolute atomic E-state index is 14.7. The van der Waals surface area contributed by atoms with E-state index in [1.807, 2.05) is 4.90 Å². The zero-order valence-electron chi connectivity index (χ0n) is 21.2. The molecule has 0 saturated heterocycles. The van der Waals surface area contributed by atoms with Crippen LogP contribution in [0.2, 0.25) is 5.02 Å². The molecule has 2 heterocycles. The van der Waals surface area contributed by atoms with E-state index < -0.39 is 11.7 Å². The number of nitrogens with zero attached hydrogens (tertiary/aromatic N) is 3. The zero-order chi connectivity index (χ0) is 26.0. The van der Waals surface area contributed by atoms with Gasteiger partial charge in [-0.1, -0.05) is 37.6 Å². The Balaban J connectivity index is 1.75. The number of amides is 1. The number of nitrogens with one attached hydrogen (secondary N) is 3. The molecule has 0 spiro atoms. The van der Waals surface area contributed by atoms with Crippen molar-refractivity contribution in [1.82, 2.24) is 15.3 Å². The molecule has 0 unspecified atom stereocenters. The molecule has 7 nitrogen and oxygen atoms in total. The van der Waals surface area contributed by atoms with E-state index in [2.05, 4.69) is 71.8 Å². The number of benzene rings is 2. The highest BCUT2D eigenvalue weighted by atomic mass is 35.5. The largest absolute Gasteiger partial charge is 0.385 e. The van der Waals surface area contributed by atoms with Gasteiger partial charge in [0.15, 0.2) is 5.82 Å². The second kappa shape index (κ2) is 10.3. The van der Waals surface area contributed by atoms with Crippen molar-refractivity contribution in [1.29, 1.82) is 0 Å². The predicted molar refractivity (Wildman–Crippen MR) is 145 cm³/mol. The normalized spacial score (nSPS) is 14.4. The van der Waals surface area contributed by atoms with E-state index in [-0.39, 0.29) is 33.5 Å². The van der Waals surface area contributed by atoms with Crippen LogP contribution in [0.25, 0.3) is 0 Å². The molecule has 2 aromatic carbocycles. The number of aromatic nitrogens is 2. The molecule has 0 bridgehead atoms. The summed E-state index contributed by atoms with van der Waals surface area (Å²) in [4.78, 5) is 23.4. The summed E-state index contributed by atoms with van der Waals surface area (Å²) < 4.78 is 14.7. The number of para-hydroxylation sites is 1. The number of carbonyl (C=O) groups excluding carboxylic acids is 1. The molecule has 36 heavy (non-hydrogen) atoms. The Labute approximate surface area is 216 Å². The minimum atomic E-state index is -0.590. The SMILES string of the molecule is CNC(=O)c1cccc(F)c1Nc1nc(N(c2ccc3c(c2)NCCCC3(C)C)C(C)C)ncc1Cl. The van der Waals surface area contributed by atoms with Crippen LogP contribution in [0.5, 0.6) is 0 Å². The molecule has 1 aliphatic heterocycles. The highest BCUT2D eigenvalue weighted by Gasteiger charge is 2.27. The number of carbonyl (C=O) groups is 1. The van der Waals surface area contributed by atoms with Gasteiger partial charge >= 0.3 is 0 Å². The van der Waals surface area contributed by atoms with Gasteiger partial charge in [-0.3, -0.25) is 4.79 Å². The van der Waals surface area contributed by atoms with Crippen molar-refractivity contribution in [2.75, 3.05) is 29.1 Å². The van der Waals surface area contributed by atoms with Crippen molar-refractivity contribution in [3.8, 4) is 0 Å². The van der Waals surface area contributed by atoms with E-state index in [1.54, 1.807) is 0 Å². The molecule has 0 saturated carbocycles. The molecular weight excluding hydrogens is 479 g/mol. The van der Waals surface area contributed by atoms with Crippen LogP contribution in [-0.2, 0) is 5.41 Å². The molecule has 0 radical (unpaired) electrons. The Morgan fingerprint density at radius 2 is 2.03 bits per heavy atom. The number of anilines is 5. The fraction of sp³-hybridized carbons (Fsp3) is 0.370. The lowest BCUT2D eigenvalue weighted by atomic mass is 9.80. The molecule has 3 N–H and O–H groups in total. The van der Waals surface area contributed by atoms with Gasteiger partial charge in [-0.2, -0.15) is 4.98 Å². The van der Waals surface area contributed by atoms with Crippen LogP contribution in [0, 0.1) is 5.82 Å². The molecule has 0 fully saturated rings. The van der Waals surface area contributed by atoms with Crippen molar-refractivity contribution in [2.45, 2.75) is 52.0 Å². The Kier molecular flexibility index (Phi) is 7.36. The summed E-state index contributed by atoms with van der Waals surface area (Å²) in [6, 6.07) is 10.7. The van der Waals surface area contributed by atoms with Crippen molar-refractivity contribution < 1.29 is 9.18 Å². The molecule has 1 amide bonds. The number of hydrogen-bond acceptors (Lipinski definition) is 6. The Hall–Kier alpha value is -3.39. The summed E-state index contributed by atoms with van der Waals surface area (Å²) in [7, 11) is 1.49. The smallest absolute Gasteiger partial charge is 0.253 e. The monoisotopic (exact) mass is 510 g/mol. The van der Waals surface area contributed by atoms with Crippen LogP contribution in [0.3, 0.4) is 0 Å². The van der Waals surface area contributed by atoms with E-state index >= 15 is 0 Å². The lowest BCUT2D eigenvalue weighted by Crippen LogP contribution is -2.28. The topological polar surface area (TPSA) is 82.2 Å². The van der Waals surface area contributed by atoms with Crippen LogP contribution < -0.4 is 20.9 Å². The molecule has 0 aliphatic carbocycles. The first-order valence-electron chi connectivity index (χ1n) is 12.1. The van der Waals surface area contributed by atoms with E-state index in [0.29, 0.717) is 5.95 Å². The summed E-state index contributed by atoms with van der Waals surface area (Å²) in [5, 5.41) is 9.22. The van der Waals surface area contributed by atoms with Gasteiger partial charge in [-0.15, -0.1) is 0 Å². The molecule has 190 valence electrons. The van der Waals surface area contributed by atoms with E-state index in [4.69, 9.17) is 11.6 Å². The molecule has 3 aromatic rings. The number of fused-ring (bicyclic) bond motifs is 1. The van der Waals surface area contributed by atoms with E-state index in [0.717, 1.165) is 30.8 Å². The number of rotatable bonds is 6. The van der Waals surface area contributed by atoms with Crippen LogP contribution in [0.15, 0.2) is 42.6 Å². The van der Waals surface area contributed by atoms with Crippen LogP contribution in [-0.4, -0.2) is 35.5 Å². The quantitative estimate of drug-likeness (QED) is 0.356. The minimum Gasteiger partial charge on any atom is -0.385 e. The van der Waals surface area contributed by atoms with Gasteiger partial charge in [0.1, 0.15) is 10.8 Å². The third kappa shape index (κ3) is 5.09. The van der Waals surface area contributed by atoms with Gasteiger partial charge in [0.05, 0.1) is 17.4 Å². The summed E-state index contributed by atoms with van der Waals surface area (Å²) in [6.07, 6.45) is 3.70. The average Bonchev–Trinajstić information content (AvgIpc) is 2.99. The summed E-state index contributed by atoms with van der Waals surface area (Å²) in [5.41, 5.74) is 3.54. The standard InChI is InChI=1S/C27H32ClFN6O/c1-16(2)35(17-10-11-19-22(14-17)31-13-7-12-27(19,3)4)26-32-15-20(28)24(34-26)33-23-18(25(36)30-5)8-6-9-21(23)29/h6,8-11,14-16,31H,7,12-13H2,1-5H3,(H,30,36)(H,32,33,34). The lowest BCUT2D eigenvalue weighted by molar-refractivity contribution is 0.0963. The molecule has 9 heteroatoms. The maximum atomic E-state index is 14.7. The average molecular weight is 511 g/mol. The molecule has 4 rings (SSSR count). The first kappa shape index (κ1) is 25.7. The van der Waals surface area contributed by atoms with Gasteiger partial charge in [-0.25, -0.2) is 9.37 Å². The first-order valence-corrected chi connectivity index (χ1v) is 12.5. The summed E-state index contributed by atoms with van der Waals surface area (Å²) in [5.74, 6) is -0.404. The van der Waals surface area contributed by atoms with Crippen molar-refractivity contribution in [3.05, 3.63) is 64.6 Å². The number of halogens is 2. The van der Waals surface area contributed by atoms with E-state index in [9.17, 15) is 9.18 Å². The van der Waals surface area contributed by atoms with Crippen molar-refractivity contribution >= 4 is 46.3 Å². The molecule has 1 aliphatic rings. The van der Waals surface area contributed by atoms with Gasteiger partial charge in [0, 0.05) is 31.0 Å². The Morgan fingerprint density at radius 1 is 1.25 bits per heavy atom. The first-order chi connectivity index (χ1) is 17.1. The fourth-order valence-electron chi connectivity index (χ4n) is 4.61. The zero-order valence-corrected chi connectivity index (χ0v) is 22.0. The van der Waals surface area contributed by atoms with Crippen LogP contribution in [0.4, 0.5) is 33.2 Å². The van der Waals surface area contributed by atoms with Crippen molar-refractivity contribution in [2.24, 2.45) is 0 Å². The maximum Gasteiger partial charge on any atom is 0.253 e. The van der Waals surface area contributed by atoms with Gasteiger partial charge in [0.25, 0.3) is 5.91 Å². The third-order valence-corrected chi connectivity index (χ3v) is 6.77. The van der Waals surface area contributed by atoms with Gasteiger partial charge < -0.3 is 20.9 Å². The third-order valence-electron chi connectivity index (χ3n) is 6.50. The highest BCUT2D eigenvalue weighted by molar-refractivity contribution is 6.33. The van der Waals surface area contributed by atoms with Gasteiger partial charge in [0.2, 0.25) is 5.95 Å². The van der Waals surface area contributed by atoms with Crippen molar-refractivity contribution in [3.63, 3.8) is 0 Å². The number of hydrogen-bond donors (Lipinski definition) is 3. The Morgan fingerprint density at radius 3 is 2.75 bits per heavy atom.